The van der Waals surface area contributed by atoms with Gasteiger partial charge >= 0.3 is 0 Å². The molecule has 1 nitrogen and oxygen atoms in total. The minimum atomic E-state index is -1.64. The lowest BCUT2D eigenvalue weighted by atomic mass is 10.4. The lowest BCUT2D eigenvalue weighted by Gasteiger charge is -1.97. The van der Waals surface area contributed by atoms with Gasteiger partial charge in [-0.2, -0.15) is 0 Å². The quantitative estimate of drug-likeness (QED) is 0.709. The van der Waals surface area contributed by atoms with E-state index in [0.717, 1.165) is 5.19 Å². The average Bonchev–Trinajstić information content (AvgIpc) is 2.31. The summed E-state index contributed by atoms with van der Waals surface area (Å²) in [5, 5.41) is 2.15. The maximum atomic E-state index is 12.0. The highest BCUT2D eigenvalue weighted by molar-refractivity contribution is 7.16. The van der Waals surface area contributed by atoms with Crippen molar-refractivity contribution in [1.82, 2.24) is 0 Å². The van der Waals surface area contributed by atoms with E-state index in [4.69, 9.17) is 0 Å². The van der Waals surface area contributed by atoms with Crippen LogP contribution in [0.25, 0.3) is 0 Å². The molecular formula is C12H10OSi2. The van der Waals surface area contributed by atoms with Crippen molar-refractivity contribution in [3.63, 3.8) is 0 Å². The Kier molecular flexibility index (Phi) is 3.37. The van der Waals surface area contributed by atoms with Gasteiger partial charge in [0.25, 0.3) is 8.20 Å². The van der Waals surface area contributed by atoms with Gasteiger partial charge in [-0.05, 0) is 5.19 Å². The van der Waals surface area contributed by atoms with Gasteiger partial charge in [0.05, 0.1) is 0 Å². The average molecular weight is 226 g/mol. The zero-order valence-corrected chi connectivity index (χ0v) is 10.2. The van der Waals surface area contributed by atoms with E-state index in [-0.39, 0.29) is 0 Å². The zero-order valence-electron chi connectivity index (χ0n) is 8.18. The van der Waals surface area contributed by atoms with Gasteiger partial charge in [-0.15, -0.1) is 0 Å². The predicted octanol–water partition coefficient (Wildman–Crippen LogP) is 0.842. The van der Waals surface area contributed by atoms with Crippen LogP contribution in [0.5, 0.6) is 0 Å². The summed E-state index contributed by atoms with van der Waals surface area (Å²) in [6.07, 6.45) is 0. The van der Waals surface area contributed by atoms with Crippen LogP contribution < -0.4 is 10.4 Å². The van der Waals surface area contributed by atoms with Crippen molar-refractivity contribution in [2.45, 2.75) is 0 Å². The molecule has 0 heterocycles. The normalized spacial score (nSPS) is 9.87. The van der Waals surface area contributed by atoms with Crippen molar-refractivity contribution in [2.75, 3.05) is 0 Å². The second kappa shape index (κ2) is 4.95. The zero-order chi connectivity index (χ0) is 10.5. The third-order valence-corrected chi connectivity index (χ3v) is 6.19. The summed E-state index contributed by atoms with van der Waals surface area (Å²) in [4.78, 5) is 0. The van der Waals surface area contributed by atoms with Crippen molar-refractivity contribution >= 4 is 27.6 Å². The molecule has 0 unspecified atom stereocenters. The Balaban J connectivity index is 2.12. The Labute approximate surface area is 93.1 Å². The van der Waals surface area contributed by atoms with Crippen LogP contribution in [0.3, 0.4) is 0 Å². The smallest absolute Gasteiger partial charge is 0.290 e. The molecule has 3 heteroatoms. The van der Waals surface area contributed by atoms with Crippen LogP contribution in [0.2, 0.25) is 0 Å². The van der Waals surface area contributed by atoms with Crippen molar-refractivity contribution in [3.05, 3.63) is 60.7 Å². The maximum absolute atomic E-state index is 12.0. The Hall–Kier alpha value is -1.33. The Morgan fingerprint density at radius 1 is 0.800 bits per heavy atom. The Morgan fingerprint density at radius 3 is 1.93 bits per heavy atom. The summed E-state index contributed by atoms with van der Waals surface area (Å²) < 4.78 is 12.0. The molecule has 2 rings (SSSR count). The lowest BCUT2D eigenvalue weighted by molar-refractivity contribution is 0.579. The summed E-state index contributed by atoms with van der Waals surface area (Å²) in [7, 11) is -1.24. The highest BCUT2D eigenvalue weighted by atomic mass is 29.2. The molecule has 0 aliphatic heterocycles. The minimum Gasteiger partial charge on any atom is -0.387 e. The van der Waals surface area contributed by atoms with Crippen LogP contribution in [-0.2, 0) is 4.46 Å². The van der Waals surface area contributed by atoms with E-state index in [0.29, 0.717) is 9.04 Å². The van der Waals surface area contributed by atoms with E-state index in [1.54, 1.807) is 0 Å². The van der Waals surface area contributed by atoms with Crippen molar-refractivity contribution in [3.8, 4) is 0 Å². The first-order valence-corrected chi connectivity index (χ1v) is 8.18. The Bertz CT molecular complexity index is 440. The first kappa shape index (κ1) is 10.2. The molecule has 0 spiro atoms. The van der Waals surface area contributed by atoms with Crippen LogP contribution >= 0.6 is 0 Å². The molecule has 2 radical (unpaired) electrons. The second-order valence-electron chi connectivity index (χ2n) is 3.19. The summed E-state index contributed by atoms with van der Waals surface area (Å²) in [6, 6.07) is 19.7. The van der Waals surface area contributed by atoms with Crippen LogP contribution in [-0.4, -0.2) is 17.2 Å². The van der Waals surface area contributed by atoms with Crippen LogP contribution in [0.4, 0.5) is 0 Å². The molecule has 0 aliphatic rings. The first-order valence-electron chi connectivity index (χ1n) is 4.78. The largest absolute Gasteiger partial charge is 0.387 e. The van der Waals surface area contributed by atoms with E-state index in [1.165, 1.54) is 5.19 Å². The van der Waals surface area contributed by atoms with Gasteiger partial charge in [-0.1, -0.05) is 65.9 Å². The van der Waals surface area contributed by atoms with Crippen LogP contribution in [0.1, 0.15) is 0 Å². The molecular weight excluding hydrogens is 216 g/mol. The molecule has 2 aromatic rings. The molecule has 0 saturated carbocycles. The fourth-order valence-corrected chi connectivity index (χ4v) is 4.79. The molecule has 2 aromatic carbocycles. The summed E-state index contributed by atoms with van der Waals surface area (Å²) in [6.45, 7) is 0. The van der Waals surface area contributed by atoms with Gasteiger partial charge in [0.2, 0.25) is 0 Å². The van der Waals surface area contributed by atoms with Crippen molar-refractivity contribution in [1.29, 1.82) is 0 Å². The molecule has 15 heavy (non-hydrogen) atoms. The molecule has 0 aromatic heterocycles. The van der Waals surface area contributed by atoms with E-state index in [2.05, 4.69) is 0 Å². The third kappa shape index (κ3) is 2.81. The van der Waals surface area contributed by atoms with E-state index < -0.39 is 8.20 Å². The minimum absolute atomic E-state index is 0.402. The molecule has 0 N–H and O–H groups in total. The van der Waals surface area contributed by atoms with Gasteiger partial charge in [0, 0.05) is 0 Å². The standard InChI is InChI=1S/C12H10OSi2/c13-15(12-9-5-2-6-10-12)14-11-7-3-1-4-8-11/h1-10H. The molecule has 0 aliphatic carbocycles. The van der Waals surface area contributed by atoms with Crippen LogP contribution in [0, 0.1) is 0 Å². The predicted molar refractivity (Wildman–Crippen MR) is 64.3 cm³/mol. The Morgan fingerprint density at radius 2 is 1.33 bits per heavy atom. The van der Waals surface area contributed by atoms with Crippen molar-refractivity contribution < 1.29 is 4.46 Å². The number of rotatable bonds is 3. The molecule has 0 saturated heterocycles. The SMILES string of the molecule is O=[Si]([Si]c1ccccc1)c1ccccc1. The molecule has 0 bridgehead atoms. The highest BCUT2D eigenvalue weighted by Gasteiger charge is 2.09. The summed E-state index contributed by atoms with van der Waals surface area (Å²) >= 11 is 0. The first-order chi connectivity index (χ1) is 7.36. The third-order valence-electron chi connectivity index (χ3n) is 2.07. The summed E-state index contributed by atoms with van der Waals surface area (Å²) in [5.74, 6) is 0. The van der Waals surface area contributed by atoms with Crippen molar-refractivity contribution in [2.24, 2.45) is 0 Å². The van der Waals surface area contributed by atoms with Gasteiger partial charge in [-0.3, -0.25) is 0 Å². The van der Waals surface area contributed by atoms with E-state index in [1.807, 2.05) is 60.7 Å². The second-order valence-corrected chi connectivity index (χ2v) is 7.36. The van der Waals surface area contributed by atoms with E-state index >= 15 is 0 Å². The maximum Gasteiger partial charge on any atom is 0.290 e. The topological polar surface area (TPSA) is 17.1 Å². The monoisotopic (exact) mass is 226 g/mol. The van der Waals surface area contributed by atoms with Gasteiger partial charge < -0.3 is 4.46 Å². The van der Waals surface area contributed by atoms with Crippen LogP contribution in [0.15, 0.2) is 60.7 Å². The molecule has 0 fully saturated rings. The molecule has 0 atom stereocenters. The number of benzene rings is 2. The van der Waals surface area contributed by atoms with Gasteiger partial charge in [0.15, 0.2) is 9.04 Å². The fraction of sp³-hybridized carbons (Fsp3) is 0. The van der Waals surface area contributed by atoms with Gasteiger partial charge in [0.1, 0.15) is 0 Å². The molecule has 0 amide bonds. The van der Waals surface area contributed by atoms with E-state index in [9.17, 15) is 4.46 Å². The van der Waals surface area contributed by atoms with Gasteiger partial charge in [-0.25, -0.2) is 0 Å². The lowest BCUT2D eigenvalue weighted by Crippen LogP contribution is -2.34. The number of hydrogen-bond acceptors (Lipinski definition) is 1. The molecule has 72 valence electrons. The fourth-order valence-electron chi connectivity index (χ4n) is 1.31. The number of hydrogen-bond donors (Lipinski definition) is 0. The summed E-state index contributed by atoms with van der Waals surface area (Å²) in [5.41, 5.74) is 0. The highest BCUT2D eigenvalue weighted by Crippen LogP contribution is 1.85.